The number of carbonyl (C=O) groups is 2. The number of esters is 2. The minimum Gasteiger partial charge on any atom is -0.458 e. The molecule has 5 heteroatoms. The van der Waals surface area contributed by atoms with Gasteiger partial charge in [-0.25, -0.2) is 0 Å². The van der Waals surface area contributed by atoms with Crippen molar-refractivity contribution in [2.75, 3.05) is 6.61 Å². The first kappa shape index (κ1) is 12.0. The molecule has 0 unspecified atom stereocenters. The Morgan fingerprint density at radius 2 is 1.67 bits per heavy atom. The third-order valence-electron chi connectivity index (χ3n) is 2.16. The maximum Gasteiger partial charge on any atom is 0.303 e. The Kier molecular flexibility index (Phi) is 4.08. The third kappa shape index (κ3) is 3.87. The molecule has 0 aromatic carbocycles. The SMILES string of the molecule is CC(=O)O[C@H]1CO[C@H](C)C[C@H]1OC(C)=O. The Labute approximate surface area is 88.7 Å². The highest BCUT2D eigenvalue weighted by Gasteiger charge is 2.33. The first-order valence-electron chi connectivity index (χ1n) is 4.95. The molecule has 1 fully saturated rings. The molecule has 3 atom stereocenters. The van der Waals surface area contributed by atoms with E-state index in [0.29, 0.717) is 6.42 Å². The zero-order chi connectivity index (χ0) is 11.4. The van der Waals surface area contributed by atoms with Crippen molar-refractivity contribution in [3.63, 3.8) is 0 Å². The van der Waals surface area contributed by atoms with Crippen LogP contribution >= 0.6 is 0 Å². The molecule has 1 aliphatic heterocycles. The van der Waals surface area contributed by atoms with Crippen molar-refractivity contribution < 1.29 is 23.8 Å². The largest absolute Gasteiger partial charge is 0.458 e. The number of hydrogen-bond acceptors (Lipinski definition) is 5. The highest BCUT2D eigenvalue weighted by Crippen LogP contribution is 2.20. The molecule has 15 heavy (non-hydrogen) atoms. The fourth-order valence-corrected chi connectivity index (χ4v) is 1.57. The normalized spacial score (nSPS) is 30.7. The maximum atomic E-state index is 10.8. The van der Waals surface area contributed by atoms with E-state index < -0.39 is 18.2 Å². The van der Waals surface area contributed by atoms with Gasteiger partial charge in [0, 0.05) is 20.3 Å². The topological polar surface area (TPSA) is 61.8 Å². The predicted molar refractivity (Wildman–Crippen MR) is 51.1 cm³/mol. The van der Waals surface area contributed by atoms with E-state index >= 15 is 0 Å². The summed E-state index contributed by atoms with van der Waals surface area (Å²) >= 11 is 0. The monoisotopic (exact) mass is 216 g/mol. The summed E-state index contributed by atoms with van der Waals surface area (Å²) in [6.45, 7) is 4.83. The molecule has 86 valence electrons. The van der Waals surface area contributed by atoms with E-state index in [-0.39, 0.29) is 18.7 Å². The Bertz CT molecular complexity index is 250. The highest BCUT2D eigenvalue weighted by atomic mass is 16.6. The van der Waals surface area contributed by atoms with Gasteiger partial charge in [0.15, 0.2) is 6.10 Å². The van der Waals surface area contributed by atoms with E-state index in [4.69, 9.17) is 14.2 Å². The molecule has 0 N–H and O–H groups in total. The van der Waals surface area contributed by atoms with Crippen molar-refractivity contribution in [2.45, 2.75) is 45.5 Å². The van der Waals surface area contributed by atoms with E-state index in [1.807, 2.05) is 6.92 Å². The lowest BCUT2D eigenvalue weighted by atomic mass is 10.0. The van der Waals surface area contributed by atoms with Crippen LogP contribution in [-0.4, -0.2) is 36.9 Å². The van der Waals surface area contributed by atoms with Crippen molar-refractivity contribution in [1.82, 2.24) is 0 Å². The van der Waals surface area contributed by atoms with Crippen LogP contribution in [0.3, 0.4) is 0 Å². The van der Waals surface area contributed by atoms with Crippen LogP contribution in [0.15, 0.2) is 0 Å². The van der Waals surface area contributed by atoms with E-state index in [2.05, 4.69) is 0 Å². The standard InChI is InChI=1S/C10H16O5/c1-6-4-9(14-7(2)11)10(5-13-6)15-8(3)12/h6,9-10H,4-5H2,1-3H3/t6-,9-,10+/m1/s1. The molecule has 0 amide bonds. The third-order valence-corrected chi connectivity index (χ3v) is 2.16. The molecule has 0 spiro atoms. The summed E-state index contributed by atoms with van der Waals surface area (Å²) in [4.78, 5) is 21.7. The van der Waals surface area contributed by atoms with Crippen molar-refractivity contribution in [1.29, 1.82) is 0 Å². The van der Waals surface area contributed by atoms with Gasteiger partial charge < -0.3 is 14.2 Å². The average molecular weight is 216 g/mol. The molecule has 1 saturated heterocycles. The van der Waals surface area contributed by atoms with Gasteiger partial charge in [0.25, 0.3) is 0 Å². The smallest absolute Gasteiger partial charge is 0.303 e. The molecule has 0 bridgehead atoms. The van der Waals surface area contributed by atoms with Gasteiger partial charge in [-0.2, -0.15) is 0 Å². The van der Waals surface area contributed by atoms with E-state index in [0.717, 1.165) is 0 Å². The molecule has 1 aliphatic rings. The van der Waals surface area contributed by atoms with Gasteiger partial charge in [-0.05, 0) is 6.92 Å². The van der Waals surface area contributed by atoms with E-state index in [9.17, 15) is 9.59 Å². The summed E-state index contributed by atoms with van der Waals surface area (Å²) in [5.41, 5.74) is 0. The number of ether oxygens (including phenoxy) is 3. The lowest BCUT2D eigenvalue weighted by molar-refractivity contribution is -0.185. The fourth-order valence-electron chi connectivity index (χ4n) is 1.57. The van der Waals surface area contributed by atoms with Crippen LogP contribution in [-0.2, 0) is 23.8 Å². The van der Waals surface area contributed by atoms with E-state index in [1.54, 1.807) is 0 Å². The maximum absolute atomic E-state index is 10.8. The van der Waals surface area contributed by atoms with Crippen LogP contribution in [0.25, 0.3) is 0 Å². The Hall–Kier alpha value is -1.10. The van der Waals surface area contributed by atoms with Gasteiger partial charge in [-0.3, -0.25) is 9.59 Å². The van der Waals surface area contributed by atoms with Gasteiger partial charge in [-0.15, -0.1) is 0 Å². The summed E-state index contributed by atoms with van der Waals surface area (Å²) in [5.74, 6) is -0.762. The molecule has 1 heterocycles. The average Bonchev–Trinajstić information content (AvgIpc) is 2.08. The van der Waals surface area contributed by atoms with Crippen molar-refractivity contribution >= 4 is 11.9 Å². The summed E-state index contributed by atoms with van der Waals surface area (Å²) in [5, 5.41) is 0. The second-order valence-electron chi connectivity index (χ2n) is 3.68. The zero-order valence-electron chi connectivity index (χ0n) is 9.19. The molecule has 0 radical (unpaired) electrons. The van der Waals surface area contributed by atoms with Crippen LogP contribution in [0, 0.1) is 0 Å². The first-order valence-corrected chi connectivity index (χ1v) is 4.95. The van der Waals surface area contributed by atoms with Crippen molar-refractivity contribution in [3.8, 4) is 0 Å². The Balaban J connectivity index is 2.57. The summed E-state index contributed by atoms with van der Waals surface area (Å²) in [6, 6.07) is 0. The Morgan fingerprint density at radius 1 is 1.13 bits per heavy atom. The van der Waals surface area contributed by atoms with Crippen molar-refractivity contribution in [3.05, 3.63) is 0 Å². The summed E-state index contributed by atoms with van der Waals surface area (Å²) in [6.07, 6.45) is -0.309. The van der Waals surface area contributed by atoms with E-state index in [1.165, 1.54) is 13.8 Å². The summed E-state index contributed by atoms with van der Waals surface area (Å²) < 4.78 is 15.4. The van der Waals surface area contributed by atoms with Crippen molar-refractivity contribution in [2.24, 2.45) is 0 Å². The quantitative estimate of drug-likeness (QED) is 0.634. The molecular formula is C10H16O5. The minimum absolute atomic E-state index is 0.0150. The van der Waals surface area contributed by atoms with Crippen LogP contribution in [0.4, 0.5) is 0 Å². The Morgan fingerprint density at radius 3 is 2.20 bits per heavy atom. The van der Waals surface area contributed by atoms with Gasteiger partial charge in [0.1, 0.15) is 6.10 Å². The van der Waals surface area contributed by atoms with Crippen LogP contribution in [0.2, 0.25) is 0 Å². The van der Waals surface area contributed by atoms with Crippen LogP contribution < -0.4 is 0 Å². The highest BCUT2D eigenvalue weighted by molar-refractivity contribution is 5.67. The summed E-state index contributed by atoms with van der Waals surface area (Å²) in [7, 11) is 0. The minimum atomic E-state index is -0.484. The predicted octanol–water partition coefficient (Wildman–Crippen LogP) is 0.659. The second-order valence-corrected chi connectivity index (χ2v) is 3.68. The van der Waals surface area contributed by atoms with Gasteiger partial charge in [-0.1, -0.05) is 0 Å². The molecule has 0 saturated carbocycles. The van der Waals surface area contributed by atoms with Crippen LogP contribution in [0.5, 0.6) is 0 Å². The number of hydrogen-bond donors (Lipinski definition) is 0. The fraction of sp³-hybridized carbons (Fsp3) is 0.800. The molecule has 0 aromatic rings. The number of rotatable bonds is 2. The molecular weight excluding hydrogens is 200 g/mol. The first-order chi connectivity index (χ1) is 6.99. The molecule has 5 nitrogen and oxygen atoms in total. The lowest BCUT2D eigenvalue weighted by Crippen LogP contribution is -2.45. The van der Waals surface area contributed by atoms with Crippen LogP contribution in [0.1, 0.15) is 27.2 Å². The lowest BCUT2D eigenvalue weighted by Gasteiger charge is -2.33. The molecule has 0 aromatic heterocycles. The second kappa shape index (κ2) is 5.11. The molecule has 1 rings (SSSR count). The molecule has 0 aliphatic carbocycles. The van der Waals surface area contributed by atoms with Gasteiger partial charge in [0.05, 0.1) is 12.7 Å². The van der Waals surface area contributed by atoms with Gasteiger partial charge >= 0.3 is 11.9 Å². The zero-order valence-corrected chi connectivity index (χ0v) is 9.19. The van der Waals surface area contributed by atoms with Gasteiger partial charge in [0.2, 0.25) is 0 Å². The number of carbonyl (C=O) groups excluding carboxylic acids is 2.